The molecule has 0 radical (unpaired) electrons. The molecule has 0 spiro atoms. The van der Waals surface area contributed by atoms with Crippen molar-refractivity contribution < 1.29 is 17.9 Å². The SMILES string of the molecule is Cc1cc(OCC(=O)Nc2cccc(S(C)(=O)=O)c2)ccc1Cl. The summed E-state index contributed by atoms with van der Waals surface area (Å²) in [5.74, 6) is 0.148. The van der Waals surface area contributed by atoms with E-state index in [9.17, 15) is 13.2 Å². The summed E-state index contributed by atoms with van der Waals surface area (Å²) in [6.07, 6.45) is 1.11. The Balaban J connectivity index is 1.98. The summed E-state index contributed by atoms with van der Waals surface area (Å²) in [7, 11) is -3.32. The minimum absolute atomic E-state index is 0.143. The van der Waals surface area contributed by atoms with Gasteiger partial charge in [0, 0.05) is 17.0 Å². The summed E-state index contributed by atoms with van der Waals surface area (Å²) in [4.78, 5) is 12.0. The average molecular weight is 354 g/mol. The number of amides is 1. The minimum Gasteiger partial charge on any atom is -0.484 e. The van der Waals surface area contributed by atoms with Gasteiger partial charge in [0.25, 0.3) is 5.91 Å². The van der Waals surface area contributed by atoms with Crippen molar-refractivity contribution >= 4 is 33.0 Å². The first-order valence-electron chi connectivity index (χ1n) is 6.74. The van der Waals surface area contributed by atoms with Crippen molar-refractivity contribution in [2.75, 3.05) is 18.2 Å². The van der Waals surface area contributed by atoms with Crippen molar-refractivity contribution in [2.45, 2.75) is 11.8 Å². The van der Waals surface area contributed by atoms with Gasteiger partial charge >= 0.3 is 0 Å². The molecule has 0 saturated heterocycles. The minimum atomic E-state index is -3.32. The monoisotopic (exact) mass is 353 g/mol. The highest BCUT2D eigenvalue weighted by Gasteiger charge is 2.09. The van der Waals surface area contributed by atoms with Gasteiger partial charge in [-0.05, 0) is 48.9 Å². The lowest BCUT2D eigenvalue weighted by atomic mass is 10.2. The van der Waals surface area contributed by atoms with E-state index < -0.39 is 9.84 Å². The Kier molecular flexibility index (Phi) is 5.28. The number of nitrogens with one attached hydrogen (secondary N) is 1. The molecule has 0 fully saturated rings. The van der Waals surface area contributed by atoms with E-state index in [4.69, 9.17) is 16.3 Å². The van der Waals surface area contributed by atoms with Crippen LogP contribution in [0.25, 0.3) is 0 Å². The Labute approximate surface area is 140 Å². The van der Waals surface area contributed by atoms with Gasteiger partial charge in [0.05, 0.1) is 4.90 Å². The van der Waals surface area contributed by atoms with Crippen LogP contribution in [0.2, 0.25) is 5.02 Å². The molecule has 7 heteroatoms. The molecule has 23 heavy (non-hydrogen) atoms. The van der Waals surface area contributed by atoms with E-state index in [-0.39, 0.29) is 17.4 Å². The van der Waals surface area contributed by atoms with Gasteiger partial charge in [0.15, 0.2) is 16.4 Å². The molecule has 0 aliphatic rings. The first-order chi connectivity index (χ1) is 10.8. The molecular formula is C16H16ClNO4S. The summed E-state index contributed by atoms with van der Waals surface area (Å²) in [5.41, 5.74) is 1.25. The Bertz CT molecular complexity index is 834. The number of sulfone groups is 1. The van der Waals surface area contributed by atoms with E-state index in [1.165, 1.54) is 12.1 Å². The molecule has 1 N–H and O–H groups in total. The maximum atomic E-state index is 11.9. The van der Waals surface area contributed by atoms with Gasteiger partial charge in [-0.15, -0.1) is 0 Å². The van der Waals surface area contributed by atoms with Gasteiger partial charge in [-0.3, -0.25) is 4.79 Å². The Morgan fingerprint density at radius 3 is 2.61 bits per heavy atom. The summed E-state index contributed by atoms with van der Waals surface area (Å²) >= 11 is 5.92. The third-order valence-electron chi connectivity index (χ3n) is 3.05. The number of halogens is 1. The van der Waals surface area contributed by atoms with Crippen LogP contribution in [-0.2, 0) is 14.6 Å². The van der Waals surface area contributed by atoms with Gasteiger partial charge in [-0.25, -0.2) is 8.42 Å². The summed E-state index contributed by atoms with van der Waals surface area (Å²) < 4.78 is 28.4. The van der Waals surface area contributed by atoms with Crippen LogP contribution in [0.1, 0.15) is 5.56 Å². The lowest BCUT2D eigenvalue weighted by Gasteiger charge is -2.09. The molecule has 2 aromatic rings. The smallest absolute Gasteiger partial charge is 0.262 e. The highest BCUT2D eigenvalue weighted by atomic mass is 35.5. The van der Waals surface area contributed by atoms with Crippen molar-refractivity contribution in [1.82, 2.24) is 0 Å². The third-order valence-corrected chi connectivity index (χ3v) is 4.58. The van der Waals surface area contributed by atoms with Crippen molar-refractivity contribution in [3.63, 3.8) is 0 Å². The normalized spacial score (nSPS) is 11.1. The number of hydrogen-bond donors (Lipinski definition) is 1. The average Bonchev–Trinajstić information content (AvgIpc) is 2.48. The summed E-state index contributed by atoms with van der Waals surface area (Å²) in [6.45, 7) is 1.65. The highest BCUT2D eigenvalue weighted by molar-refractivity contribution is 7.90. The van der Waals surface area contributed by atoms with Crippen LogP contribution in [-0.4, -0.2) is 27.2 Å². The quantitative estimate of drug-likeness (QED) is 0.896. The fourth-order valence-electron chi connectivity index (χ4n) is 1.86. The molecule has 2 aromatic carbocycles. The Morgan fingerprint density at radius 1 is 1.22 bits per heavy atom. The van der Waals surface area contributed by atoms with E-state index in [0.29, 0.717) is 16.5 Å². The van der Waals surface area contributed by atoms with Crippen LogP contribution >= 0.6 is 11.6 Å². The third kappa shape index (κ3) is 4.97. The zero-order chi connectivity index (χ0) is 17.0. The predicted octanol–water partition coefficient (Wildman–Crippen LogP) is 3.07. The van der Waals surface area contributed by atoms with Crippen molar-refractivity contribution in [3.8, 4) is 5.75 Å². The first-order valence-corrected chi connectivity index (χ1v) is 9.01. The first kappa shape index (κ1) is 17.3. The van der Waals surface area contributed by atoms with Gasteiger partial charge < -0.3 is 10.1 Å². The zero-order valence-corrected chi connectivity index (χ0v) is 14.2. The Morgan fingerprint density at radius 2 is 1.96 bits per heavy atom. The number of ether oxygens (including phenoxy) is 1. The van der Waals surface area contributed by atoms with Crippen LogP contribution in [0.15, 0.2) is 47.4 Å². The molecule has 5 nitrogen and oxygen atoms in total. The molecule has 2 rings (SSSR count). The van der Waals surface area contributed by atoms with E-state index in [2.05, 4.69) is 5.32 Å². The second-order valence-electron chi connectivity index (χ2n) is 5.05. The molecule has 0 atom stereocenters. The highest BCUT2D eigenvalue weighted by Crippen LogP contribution is 2.21. The topological polar surface area (TPSA) is 72.5 Å². The molecule has 0 unspecified atom stereocenters. The number of carbonyl (C=O) groups is 1. The maximum absolute atomic E-state index is 11.9. The van der Waals surface area contributed by atoms with Crippen molar-refractivity contribution in [1.29, 1.82) is 0 Å². The zero-order valence-electron chi connectivity index (χ0n) is 12.7. The molecule has 0 saturated carbocycles. The summed E-state index contributed by atoms with van der Waals surface area (Å²) in [6, 6.07) is 11.2. The lowest BCUT2D eigenvalue weighted by Crippen LogP contribution is -2.20. The van der Waals surface area contributed by atoms with Gasteiger partial charge in [0.1, 0.15) is 5.75 Å². The second kappa shape index (κ2) is 7.02. The van der Waals surface area contributed by atoms with Crippen molar-refractivity contribution in [2.24, 2.45) is 0 Å². The molecule has 0 aliphatic carbocycles. The number of anilines is 1. The fourth-order valence-corrected chi connectivity index (χ4v) is 2.64. The van der Waals surface area contributed by atoms with E-state index >= 15 is 0 Å². The van der Waals surface area contributed by atoms with Crippen LogP contribution in [0.5, 0.6) is 5.75 Å². The second-order valence-corrected chi connectivity index (χ2v) is 7.47. The molecule has 122 valence electrons. The largest absolute Gasteiger partial charge is 0.484 e. The molecule has 1 amide bonds. The number of hydrogen-bond acceptors (Lipinski definition) is 4. The molecule has 0 heterocycles. The van der Waals surface area contributed by atoms with Crippen molar-refractivity contribution in [3.05, 3.63) is 53.1 Å². The van der Waals surface area contributed by atoms with Gasteiger partial charge in [-0.1, -0.05) is 17.7 Å². The summed E-state index contributed by atoms with van der Waals surface area (Å²) in [5, 5.41) is 3.22. The van der Waals surface area contributed by atoms with E-state index in [1.54, 1.807) is 30.3 Å². The number of benzene rings is 2. The number of rotatable bonds is 5. The predicted molar refractivity (Wildman–Crippen MR) is 89.9 cm³/mol. The van der Waals surface area contributed by atoms with Crippen LogP contribution in [0, 0.1) is 6.92 Å². The van der Waals surface area contributed by atoms with Crippen LogP contribution < -0.4 is 10.1 Å². The number of aryl methyl sites for hydroxylation is 1. The van der Waals surface area contributed by atoms with Crippen LogP contribution in [0.4, 0.5) is 5.69 Å². The molecular weight excluding hydrogens is 338 g/mol. The number of carbonyl (C=O) groups excluding carboxylic acids is 1. The van der Waals surface area contributed by atoms with Gasteiger partial charge in [0.2, 0.25) is 0 Å². The lowest BCUT2D eigenvalue weighted by molar-refractivity contribution is -0.118. The maximum Gasteiger partial charge on any atom is 0.262 e. The molecule has 0 bridgehead atoms. The Hall–Kier alpha value is -2.05. The molecule has 0 aromatic heterocycles. The van der Waals surface area contributed by atoms with E-state index in [0.717, 1.165) is 11.8 Å². The van der Waals surface area contributed by atoms with Gasteiger partial charge in [-0.2, -0.15) is 0 Å². The fraction of sp³-hybridized carbons (Fsp3) is 0.188. The van der Waals surface area contributed by atoms with Crippen LogP contribution in [0.3, 0.4) is 0 Å². The van der Waals surface area contributed by atoms with E-state index in [1.807, 2.05) is 6.92 Å². The molecule has 0 aliphatic heterocycles. The standard InChI is InChI=1S/C16H16ClNO4S/c1-11-8-13(6-7-15(11)17)22-10-16(19)18-12-4-3-5-14(9-12)23(2,20)21/h3-9H,10H2,1-2H3,(H,18,19).